The van der Waals surface area contributed by atoms with Crippen molar-refractivity contribution in [2.24, 2.45) is 0 Å². The standard InChI is InChI=1S/C7H3BrF5NO/c8-5-4(7(11,12)13)3(15)1-2(14-5)6(9)10/h1,6H,(H,14,15). The number of rotatable bonds is 1. The van der Waals surface area contributed by atoms with E-state index in [0.717, 1.165) is 0 Å². The first kappa shape index (κ1) is 12.2. The quantitative estimate of drug-likeness (QED) is 0.626. The molecule has 0 atom stereocenters. The lowest BCUT2D eigenvalue weighted by atomic mass is 10.2. The first-order valence-electron chi connectivity index (χ1n) is 3.51. The zero-order valence-corrected chi connectivity index (χ0v) is 8.42. The molecule has 0 amide bonds. The van der Waals surface area contributed by atoms with Gasteiger partial charge < -0.3 is 4.98 Å². The Hall–Kier alpha value is -0.920. The summed E-state index contributed by atoms with van der Waals surface area (Å²) in [5, 5.41) is 0. The van der Waals surface area contributed by atoms with Crippen LogP contribution in [0.3, 0.4) is 0 Å². The van der Waals surface area contributed by atoms with Gasteiger partial charge in [0.05, 0.1) is 10.3 Å². The van der Waals surface area contributed by atoms with Crippen molar-refractivity contribution in [1.82, 2.24) is 4.98 Å². The van der Waals surface area contributed by atoms with E-state index in [0.29, 0.717) is 0 Å². The minimum Gasteiger partial charge on any atom is -0.348 e. The number of aromatic nitrogens is 1. The minimum atomic E-state index is -4.88. The summed E-state index contributed by atoms with van der Waals surface area (Å²) in [6.45, 7) is 0. The Morgan fingerprint density at radius 2 is 1.87 bits per heavy atom. The molecule has 2 nitrogen and oxygen atoms in total. The highest BCUT2D eigenvalue weighted by atomic mass is 79.9. The summed E-state index contributed by atoms with van der Waals surface area (Å²) < 4.78 is 60.0. The molecule has 0 bridgehead atoms. The molecule has 1 N–H and O–H groups in total. The first-order chi connectivity index (χ1) is 6.73. The maximum atomic E-state index is 12.2. The van der Waals surface area contributed by atoms with Gasteiger partial charge in [-0.25, -0.2) is 8.78 Å². The summed E-state index contributed by atoms with van der Waals surface area (Å²) in [6.07, 6.45) is -7.91. The molecular formula is C7H3BrF5NO. The maximum Gasteiger partial charge on any atom is 0.422 e. The predicted molar refractivity (Wildman–Crippen MR) is 44.7 cm³/mol. The summed E-state index contributed by atoms with van der Waals surface area (Å²) in [5.74, 6) is 0. The number of aromatic amines is 1. The number of nitrogens with one attached hydrogen (secondary N) is 1. The zero-order valence-electron chi connectivity index (χ0n) is 6.83. The van der Waals surface area contributed by atoms with Gasteiger partial charge in [-0.15, -0.1) is 0 Å². The molecule has 84 valence electrons. The molecule has 1 rings (SSSR count). The molecule has 8 heteroatoms. The van der Waals surface area contributed by atoms with Crippen LogP contribution in [0.25, 0.3) is 0 Å². The summed E-state index contributed by atoms with van der Waals surface area (Å²) >= 11 is 2.39. The van der Waals surface area contributed by atoms with Gasteiger partial charge in [-0.05, 0) is 15.9 Å². The fourth-order valence-corrected chi connectivity index (χ4v) is 1.58. The van der Waals surface area contributed by atoms with E-state index in [-0.39, 0.29) is 6.07 Å². The van der Waals surface area contributed by atoms with Crippen LogP contribution in [0.2, 0.25) is 0 Å². The van der Waals surface area contributed by atoms with Gasteiger partial charge in [0.1, 0.15) is 5.56 Å². The molecule has 15 heavy (non-hydrogen) atoms. The fourth-order valence-electron chi connectivity index (χ4n) is 0.929. The van der Waals surface area contributed by atoms with Crippen molar-refractivity contribution in [2.45, 2.75) is 12.6 Å². The molecule has 0 saturated heterocycles. The van der Waals surface area contributed by atoms with Gasteiger partial charge in [0, 0.05) is 6.07 Å². The van der Waals surface area contributed by atoms with Gasteiger partial charge in [0.2, 0.25) is 0 Å². The Morgan fingerprint density at radius 3 is 2.20 bits per heavy atom. The van der Waals surface area contributed by atoms with Crippen LogP contribution >= 0.6 is 15.9 Å². The van der Waals surface area contributed by atoms with Gasteiger partial charge in [-0.3, -0.25) is 4.79 Å². The lowest BCUT2D eigenvalue weighted by Crippen LogP contribution is -2.21. The molecule has 0 unspecified atom stereocenters. The first-order valence-corrected chi connectivity index (χ1v) is 4.31. The maximum absolute atomic E-state index is 12.2. The molecule has 1 aromatic rings. The minimum absolute atomic E-state index is 0.234. The predicted octanol–water partition coefficient (Wildman–Crippen LogP) is 3.09. The second kappa shape index (κ2) is 3.92. The Morgan fingerprint density at radius 1 is 1.33 bits per heavy atom. The van der Waals surface area contributed by atoms with E-state index in [1.165, 1.54) is 0 Å². The lowest BCUT2D eigenvalue weighted by molar-refractivity contribution is -0.139. The number of hydrogen-bond donors (Lipinski definition) is 1. The third-order valence-corrected chi connectivity index (χ3v) is 2.12. The van der Waals surface area contributed by atoms with E-state index < -0.39 is 33.9 Å². The average molecular weight is 292 g/mol. The van der Waals surface area contributed by atoms with Gasteiger partial charge in [-0.2, -0.15) is 13.2 Å². The fraction of sp³-hybridized carbons (Fsp3) is 0.286. The van der Waals surface area contributed by atoms with E-state index >= 15 is 0 Å². The van der Waals surface area contributed by atoms with Crippen molar-refractivity contribution in [3.05, 3.63) is 32.2 Å². The van der Waals surface area contributed by atoms with E-state index in [9.17, 15) is 26.7 Å². The van der Waals surface area contributed by atoms with Crippen LogP contribution in [0.4, 0.5) is 22.0 Å². The highest BCUT2D eigenvalue weighted by Gasteiger charge is 2.37. The number of H-pyrrole nitrogens is 1. The summed E-state index contributed by atoms with van der Waals surface area (Å²) in [6, 6.07) is 0.234. The second-order valence-corrected chi connectivity index (χ2v) is 3.37. The van der Waals surface area contributed by atoms with Crippen molar-refractivity contribution in [1.29, 1.82) is 0 Å². The Labute approximate surface area is 88.2 Å². The molecule has 1 heterocycles. The van der Waals surface area contributed by atoms with Crippen molar-refractivity contribution < 1.29 is 22.0 Å². The van der Waals surface area contributed by atoms with Crippen LogP contribution in [0, 0.1) is 0 Å². The largest absolute Gasteiger partial charge is 0.422 e. The van der Waals surface area contributed by atoms with Crippen molar-refractivity contribution >= 4 is 15.9 Å². The van der Waals surface area contributed by atoms with Crippen molar-refractivity contribution in [3.8, 4) is 0 Å². The number of hydrogen-bond acceptors (Lipinski definition) is 1. The van der Waals surface area contributed by atoms with Crippen molar-refractivity contribution in [3.63, 3.8) is 0 Å². The highest BCUT2D eigenvalue weighted by Crippen LogP contribution is 2.32. The molecule has 1 aromatic heterocycles. The number of halogens is 6. The van der Waals surface area contributed by atoms with E-state index in [1.54, 1.807) is 4.98 Å². The van der Waals surface area contributed by atoms with Gasteiger partial charge in [0.25, 0.3) is 6.43 Å². The molecule has 0 aliphatic heterocycles. The molecule has 0 aliphatic carbocycles. The Balaban J connectivity index is 3.42. The van der Waals surface area contributed by atoms with E-state index in [1.807, 2.05) is 0 Å². The molecule has 0 spiro atoms. The van der Waals surface area contributed by atoms with Gasteiger partial charge in [-0.1, -0.05) is 0 Å². The van der Waals surface area contributed by atoms with E-state index in [4.69, 9.17) is 0 Å². The molecule has 0 radical (unpaired) electrons. The summed E-state index contributed by atoms with van der Waals surface area (Å²) in [7, 11) is 0. The van der Waals surface area contributed by atoms with Crippen LogP contribution in [0.5, 0.6) is 0 Å². The van der Waals surface area contributed by atoms with Crippen molar-refractivity contribution in [2.75, 3.05) is 0 Å². The normalized spacial score (nSPS) is 12.2. The van der Waals surface area contributed by atoms with Gasteiger partial charge >= 0.3 is 6.18 Å². The summed E-state index contributed by atoms with van der Waals surface area (Å²) in [5.41, 5.74) is -3.88. The van der Waals surface area contributed by atoms with Gasteiger partial charge in [0.15, 0.2) is 5.43 Å². The number of pyridine rings is 1. The second-order valence-electron chi connectivity index (χ2n) is 2.58. The third-order valence-electron chi connectivity index (χ3n) is 1.53. The molecule has 0 saturated carbocycles. The summed E-state index contributed by atoms with van der Waals surface area (Å²) in [4.78, 5) is 12.7. The average Bonchev–Trinajstić information content (AvgIpc) is 1.99. The topological polar surface area (TPSA) is 32.9 Å². The SMILES string of the molecule is O=c1cc(C(F)F)[nH]c(Br)c1C(F)(F)F. The molecule has 0 aliphatic rings. The molecular weight excluding hydrogens is 289 g/mol. The highest BCUT2D eigenvalue weighted by molar-refractivity contribution is 9.10. The molecule has 0 aromatic carbocycles. The Kier molecular flexibility index (Phi) is 3.17. The van der Waals surface area contributed by atoms with Crippen LogP contribution in [0.1, 0.15) is 17.7 Å². The zero-order chi connectivity index (χ0) is 11.8. The monoisotopic (exact) mass is 291 g/mol. The number of alkyl halides is 5. The Bertz CT molecular complexity index is 424. The molecule has 0 fully saturated rings. The van der Waals surface area contributed by atoms with E-state index in [2.05, 4.69) is 15.9 Å². The lowest BCUT2D eigenvalue weighted by Gasteiger charge is -2.09. The third kappa shape index (κ3) is 2.55. The van der Waals surface area contributed by atoms with Crippen LogP contribution in [-0.2, 0) is 6.18 Å². The smallest absolute Gasteiger partial charge is 0.348 e. The van der Waals surface area contributed by atoms with Crippen LogP contribution in [0.15, 0.2) is 15.5 Å². The van der Waals surface area contributed by atoms with Crippen LogP contribution < -0.4 is 5.43 Å². The van der Waals surface area contributed by atoms with Crippen LogP contribution in [-0.4, -0.2) is 4.98 Å².